The van der Waals surface area contributed by atoms with Crippen LogP contribution in [0.5, 0.6) is 0 Å². The van der Waals surface area contributed by atoms with Crippen molar-refractivity contribution in [3.8, 4) is 0 Å². The Morgan fingerprint density at radius 3 is 2.50 bits per heavy atom. The van der Waals surface area contributed by atoms with Gasteiger partial charge in [-0.25, -0.2) is 9.18 Å². The first-order valence-corrected chi connectivity index (χ1v) is 5.30. The van der Waals surface area contributed by atoms with Gasteiger partial charge in [0.25, 0.3) is 0 Å². The maximum Gasteiger partial charge on any atom is 0.407 e. The Labute approximate surface area is 91.8 Å². The molecule has 0 atom stereocenters. The summed E-state index contributed by atoms with van der Waals surface area (Å²) in [6, 6.07) is 0. The van der Waals surface area contributed by atoms with E-state index in [1.54, 1.807) is 0 Å². The molecule has 0 saturated carbocycles. The number of halogens is 2. The minimum atomic E-state index is -0.544. The van der Waals surface area contributed by atoms with Crippen LogP contribution in [0, 0.1) is 0 Å². The van der Waals surface area contributed by atoms with Crippen molar-refractivity contribution in [1.82, 2.24) is 5.32 Å². The fraction of sp³-hybridized carbons (Fsp3) is 0.667. The number of carbonyl (C=O) groups excluding carboxylic acids is 1. The molecule has 1 N–H and O–H groups in total. The summed E-state index contributed by atoms with van der Waals surface area (Å²) in [5.41, 5.74) is 0.0412. The van der Waals surface area contributed by atoms with Gasteiger partial charge in [0, 0.05) is 16.4 Å². The van der Waals surface area contributed by atoms with Crippen LogP contribution >= 0.6 is 15.9 Å². The second-order valence-electron chi connectivity index (χ2n) is 3.85. The lowest BCUT2D eigenvalue weighted by Crippen LogP contribution is -2.41. The fourth-order valence-electron chi connectivity index (χ4n) is 0.600. The smallest absolute Gasteiger partial charge is 0.407 e. The molecule has 0 aromatic rings. The van der Waals surface area contributed by atoms with E-state index in [1.807, 2.05) is 20.8 Å². The number of ether oxygens (including phenoxy) is 1. The minimum absolute atomic E-state index is 0.0380. The molecule has 14 heavy (non-hydrogen) atoms. The molecule has 0 aromatic heterocycles. The third-order valence-electron chi connectivity index (χ3n) is 1.19. The van der Waals surface area contributed by atoms with E-state index in [9.17, 15) is 9.18 Å². The van der Waals surface area contributed by atoms with Crippen molar-refractivity contribution in [3.05, 3.63) is 11.9 Å². The van der Waals surface area contributed by atoms with Crippen LogP contribution in [0.1, 0.15) is 20.8 Å². The molecular weight excluding hydrogens is 253 g/mol. The molecule has 1 amide bonds. The van der Waals surface area contributed by atoms with E-state index >= 15 is 0 Å². The first-order chi connectivity index (χ1) is 6.39. The molecule has 0 aromatic carbocycles. The maximum atomic E-state index is 12.0. The predicted octanol–water partition coefficient (Wildman–Crippen LogP) is 2.76. The summed E-state index contributed by atoms with van der Waals surface area (Å²) in [4.78, 5) is 11.1. The molecule has 0 radical (unpaired) electrons. The van der Waals surface area contributed by atoms with Crippen molar-refractivity contribution >= 4 is 22.0 Å². The highest BCUT2D eigenvalue weighted by atomic mass is 79.9. The summed E-state index contributed by atoms with van der Waals surface area (Å²) in [6.45, 7) is 5.48. The van der Waals surface area contributed by atoms with Crippen molar-refractivity contribution in [2.24, 2.45) is 0 Å². The number of carbonyl (C=O) groups is 1. The zero-order valence-electron chi connectivity index (χ0n) is 8.56. The maximum absolute atomic E-state index is 12.0. The largest absolute Gasteiger partial charge is 0.445 e. The average Bonchev–Trinajstić information content (AvgIpc) is 2.03. The van der Waals surface area contributed by atoms with Crippen molar-refractivity contribution < 1.29 is 13.9 Å². The van der Waals surface area contributed by atoms with Gasteiger partial charge >= 0.3 is 6.09 Å². The van der Waals surface area contributed by atoms with Crippen molar-refractivity contribution in [2.75, 3.05) is 11.9 Å². The van der Waals surface area contributed by atoms with E-state index in [2.05, 4.69) is 21.2 Å². The number of hydrogen-bond donors (Lipinski definition) is 1. The Bertz CT molecular complexity index is 223. The Balaban J connectivity index is 3.86. The lowest BCUT2D eigenvalue weighted by Gasteiger charge is -2.19. The van der Waals surface area contributed by atoms with Crippen LogP contribution < -0.4 is 5.32 Å². The van der Waals surface area contributed by atoms with Crippen LogP contribution in [0.4, 0.5) is 9.18 Å². The van der Waals surface area contributed by atoms with Crippen LogP contribution in [-0.4, -0.2) is 23.6 Å². The molecule has 0 unspecified atom stereocenters. The number of alkyl carbamates (subject to hydrolysis) is 1. The molecule has 0 saturated heterocycles. The molecule has 0 fully saturated rings. The van der Waals surface area contributed by atoms with Crippen molar-refractivity contribution in [1.29, 1.82) is 0 Å². The van der Waals surface area contributed by atoms with Gasteiger partial charge in [-0.2, -0.15) is 0 Å². The Morgan fingerprint density at radius 2 is 2.14 bits per heavy atom. The van der Waals surface area contributed by atoms with E-state index in [-0.39, 0.29) is 12.1 Å². The number of nitrogens with one attached hydrogen (secondary N) is 1. The molecule has 5 heteroatoms. The van der Waals surface area contributed by atoms with Gasteiger partial charge in [-0.05, 0) is 20.8 Å². The predicted molar refractivity (Wildman–Crippen MR) is 57.2 cm³/mol. The van der Waals surface area contributed by atoms with Crippen LogP contribution in [0.3, 0.4) is 0 Å². The zero-order chi connectivity index (χ0) is 11.2. The highest BCUT2D eigenvalue weighted by Gasteiger charge is 2.14. The highest BCUT2D eigenvalue weighted by molar-refractivity contribution is 9.09. The number of rotatable bonds is 3. The van der Waals surface area contributed by atoms with Crippen LogP contribution in [-0.2, 0) is 4.74 Å². The third-order valence-corrected chi connectivity index (χ3v) is 1.91. The van der Waals surface area contributed by atoms with Gasteiger partial charge in [0.1, 0.15) is 6.61 Å². The fourth-order valence-corrected chi connectivity index (χ4v) is 0.884. The highest BCUT2D eigenvalue weighted by Crippen LogP contribution is 2.03. The van der Waals surface area contributed by atoms with Gasteiger partial charge in [0.2, 0.25) is 0 Å². The lowest BCUT2D eigenvalue weighted by atomic mass is 10.1. The molecular formula is C9H15BrFNO2. The summed E-state index contributed by atoms with van der Waals surface area (Å²) in [5, 5.41) is 2.95. The first kappa shape index (κ1) is 13.4. The zero-order valence-corrected chi connectivity index (χ0v) is 10.1. The molecule has 0 rings (SSSR count). The second kappa shape index (κ2) is 6.01. The SMILES string of the molecule is CC(C)(C)NC(=O)OCC(=CF)CBr. The topological polar surface area (TPSA) is 38.3 Å². The molecule has 0 aliphatic heterocycles. The average molecular weight is 268 g/mol. The molecule has 3 nitrogen and oxygen atoms in total. The summed E-state index contributed by atoms with van der Waals surface area (Å²) in [6.07, 6.45) is -0.114. The van der Waals surface area contributed by atoms with E-state index in [4.69, 9.17) is 4.74 Å². The van der Waals surface area contributed by atoms with E-state index in [1.165, 1.54) is 0 Å². The Hall–Kier alpha value is -0.580. The number of hydrogen-bond acceptors (Lipinski definition) is 2. The first-order valence-electron chi connectivity index (χ1n) is 4.18. The van der Waals surface area contributed by atoms with Gasteiger partial charge in [-0.15, -0.1) is 0 Å². The van der Waals surface area contributed by atoms with Gasteiger partial charge < -0.3 is 10.1 Å². The monoisotopic (exact) mass is 267 g/mol. The summed E-state index contributed by atoms with van der Waals surface area (Å²) in [5.74, 6) is 0. The lowest BCUT2D eigenvalue weighted by molar-refractivity contribution is 0.146. The normalized spacial score (nSPS) is 12.5. The van der Waals surface area contributed by atoms with E-state index in [0.29, 0.717) is 17.2 Å². The van der Waals surface area contributed by atoms with E-state index < -0.39 is 6.09 Å². The second-order valence-corrected chi connectivity index (χ2v) is 4.41. The molecule has 82 valence electrons. The van der Waals surface area contributed by atoms with E-state index in [0.717, 1.165) is 0 Å². The molecule has 0 bridgehead atoms. The van der Waals surface area contributed by atoms with Gasteiger partial charge in [-0.1, -0.05) is 15.9 Å². The van der Waals surface area contributed by atoms with Gasteiger partial charge in [-0.3, -0.25) is 0 Å². The summed E-state index contributed by atoms with van der Waals surface area (Å²) >= 11 is 3.07. The minimum Gasteiger partial charge on any atom is -0.445 e. The quantitative estimate of drug-likeness (QED) is 0.799. The Morgan fingerprint density at radius 1 is 1.57 bits per heavy atom. The number of alkyl halides is 1. The van der Waals surface area contributed by atoms with Gasteiger partial charge in [0.05, 0.1) is 6.33 Å². The molecule has 0 heterocycles. The number of amides is 1. The van der Waals surface area contributed by atoms with Crippen molar-refractivity contribution in [3.63, 3.8) is 0 Å². The molecule has 0 aliphatic carbocycles. The molecule has 0 spiro atoms. The van der Waals surface area contributed by atoms with Crippen LogP contribution in [0.15, 0.2) is 11.9 Å². The molecule has 0 aliphatic rings. The van der Waals surface area contributed by atoms with Crippen molar-refractivity contribution in [2.45, 2.75) is 26.3 Å². The van der Waals surface area contributed by atoms with Gasteiger partial charge in [0.15, 0.2) is 0 Å². The standard InChI is InChI=1S/C9H15BrFNO2/c1-9(2,3)12-8(13)14-6-7(4-10)5-11/h5H,4,6H2,1-3H3,(H,12,13). The van der Waals surface area contributed by atoms with Crippen LogP contribution in [0.2, 0.25) is 0 Å². The summed E-state index contributed by atoms with van der Waals surface area (Å²) < 4.78 is 16.8. The Kier molecular flexibility index (Phi) is 5.76. The van der Waals surface area contributed by atoms with Crippen LogP contribution in [0.25, 0.3) is 0 Å². The summed E-state index contributed by atoms with van der Waals surface area (Å²) in [7, 11) is 0. The third kappa shape index (κ3) is 6.88.